The highest BCUT2D eigenvalue weighted by Crippen LogP contribution is 2.32. The Hall–Kier alpha value is -0.540. The largest absolute Gasteiger partial charge is 0.506 e. The number of hydrogen-bond acceptors (Lipinski definition) is 2. The van der Waals surface area contributed by atoms with Gasteiger partial charge in [0.2, 0.25) is 0 Å². The molecular formula is C9H12BrNO. The minimum atomic E-state index is -0.138. The third kappa shape index (κ3) is 1.79. The predicted octanol–water partition coefficient (Wildman–Crippen LogP) is 2.48. The van der Waals surface area contributed by atoms with Crippen molar-refractivity contribution in [3.63, 3.8) is 0 Å². The van der Waals surface area contributed by atoms with Gasteiger partial charge in [-0.25, -0.2) is 0 Å². The van der Waals surface area contributed by atoms with E-state index >= 15 is 0 Å². The van der Waals surface area contributed by atoms with Gasteiger partial charge < -0.3 is 10.8 Å². The summed E-state index contributed by atoms with van der Waals surface area (Å²) < 4.78 is 0.704. The number of halogens is 1. The first-order chi connectivity index (χ1) is 5.52. The van der Waals surface area contributed by atoms with E-state index in [0.29, 0.717) is 4.47 Å². The van der Waals surface area contributed by atoms with Crippen LogP contribution in [0.25, 0.3) is 0 Å². The maximum atomic E-state index is 9.57. The van der Waals surface area contributed by atoms with Crippen molar-refractivity contribution in [1.82, 2.24) is 0 Å². The number of aryl methyl sites for hydroxylation is 1. The van der Waals surface area contributed by atoms with E-state index in [1.54, 1.807) is 0 Å². The quantitative estimate of drug-likeness (QED) is 0.778. The number of nitrogens with two attached hydrogens (primary N) is 1. The van der Waals surface area contributed by atoms with Crippen molar-refractivity contribution in [3.05, 3.63) is 27.7 Å². The lowest BCUT2D eigenvalue weighted by Gasteiger charge is -2.10. The van der Waals surface area contributed by atoms with E-state index in [4.69, 9.17) is 5.73 Å². The molecule has 0 saturated carbocycles. The number of phenolic OH excluding ortho intramolecular Hbond substituents is 1. The molecular weight excluding hydrogens is 218 g/mol. The van der Waals surface area contributed by atoms with Crippen LogP contribution in [0.3, 0.4) is 0 Å². The highest BCUT2D eigenvalue weighted by molar-refractivity contribution is 9.10. The van der Waals surface area contributed by atoms with E-state index in [-0.39, 0.29) is 11.8 Å². The van der Waals surface area contributed by atoms with Gasteiger partial charge in [0.25, 0.3) is 0 Å². The first kappa shape index (κ1) is 9.55. The van der Waals surface area contributed by atoms with Crippen LogP contribution >= 0.6 is 15.9 Å². The fourth-order valence-electron chi connectivity index (χ4n) is 1.11. The zero-order valence-electron chi connectivity index (χ0n) is 7.13. The summed E-state index contributed by atoms with van der Waals surface area (Å²) in [4.78, 5) is 0. The smallest absolute Gasteiger partial charge is 0.134 e. The molecule has 3 N–H and O–H groups in total. The minimum Gasteiger partial charge on any atom is -0.506 e. The van der Waals surface area contributed by atoms with Gasteiger partial charge in [0.1, 0.15) is 5.75 Å². The summed E-state index contributed by atoms with van der Waals surface area (Å²) in [5.41, 5.74) is 7.54. The van der Waals surface area contributed by atoms with Gasteiger partial charge >= 0.3 is 0 Å². The van der Waals surface area contributed by atoms with Gasteiger partial charge in [-0.05, 0) is 41.4 Å². The van der Waals surface area contributed by atoms with Crippen molar-refractivity contribution in [2.24, 2.45) is 5.73 Å². The van der Waals surface area contributed by atoms with Crippen molar-refractivity contribution in [3.8, 4) is 5.75 Å². The van der Waals surface area contributed by atoms with Crippen LogP contribution < -0.4 is 5.73 Å². The number of hydrogen-bond donors (Lipinski definition) is 2. The highest BCUT2D eigenvalue weighted by Gasteiger charge is 2.09. The molecule has 0 heterocycles. The van der Waals surface area contributed by atoms with E-state index in [2.05, 4.69) is 15.9 Å². The molecule has 0 spiro atoms. The van der Waals surface area contributed by atoms with Crippen molar-refractivity contribution in [2.75, 3.05) is 0 Å². The third-order valence-electron chi connectivity index (χ3n) is 1.73. The normalized spacial score (nSPS) is 13.0. The molecule has 2 nitrogen and oxygen atoms in total. The van der Waals surface area contributed by atoms with Crippen LogP contribution in [-0.4, -0.2) is 5.11 Å². The Bertz CT molecular complexity index is 297. The van der Waals surface area contributed by atoms with Gasteiger partial charge in [0, 0.05) is 11.6 Å². The molecule has 3 heteroatoms. The molecule has 1 aromatic rings. The third-order valence-corrected chi connectivity index (χ3v) is 2.33. The first-order valence-electron chi connectivity index (χ1n) is 3.77. The summed E-state index contributed by atoms with van der Waals surface area (Å²) in [6.07, 6.45) is 0. The molecule has 0 fully saturated rings. The summed E-state index contributed by atoms with van der Waals surface area (Å²) in [5.74, 6) is 0.246. The maximum absolute atomic E-state index is 9.57. The Morgan fingerprint density at radius 1 is 1.50 bits per heavy atom. The number of aromatic hydroxyl groups is 1. The van der Waals surface area contributed by atoms with Crippen LogP contribution in [0.1, 0.15) is 24.1 Å². The first-order valence-corrected chi connectivity index (χ1v) is 4.56. The Morgan fingerprint density at radius 2 is 2.08 bits per heavy atom. The fraction of sp³-hybridized carbons (Fsp3) is 0.333. The minimum absolute atomic E-state index is 0.138. The lowest BCUT2D eigenvalue weighted by Crippen LogP contribution is -2.05. The Kier molecular flexibility index (Phi) is 2.75. The Balaban J connectivity index is 3.28. The van der Waals surface area contributed by atoms with Gasteiger partial charge in [-0.3, -0.25) is 0 Å². The maximum Gasteiger partial charge on any atom is 0.134 e. The molecule has 0 aliphatic rings. The van der Waals surface area contributed by atoms with Crippen molar-refractivity contribution < 1.29 is 5.11 Å². The second-order valence-corrected chi connectivity index (χ2v) is 3.83. The highest BCUT2D eigenvalue weighted by atomic mass is 79.9. The van der Waals surface area contributed by atoms with E-state index < -0.39 is 0 Å². The predicted molar refractivity (Wildman–Crippen MR) is 53.1 cm³/mol. The summed E-state index contributed by atoms with van der Waals surface area (Å²) in [6, 6.07) is 3.62. The molecule has 1 aromatic carbocycles. The van der Waals surface area contributed by atoms with Gasteiger partial charge in [-0.1, -0.05) is 6.07 Å². The van der Waals surface area contributed by atoms with Crippen molar-refractivity contribution >= 4 is 15.9 Å². The lowest BCUT2D eigenvalue weighted by atomic mass is 10.1. The van der Waals surface area contributed by atoms with Gasteiger partial charge in [0.05, 0.1) is 4.47 Å². The van der Waals surface area contributed by atoms with Crippen LogP contribution in [-0.2, 0) is 0 Å². The number of benzene rings is 1. The van der Waals surface area contributed by atoms with Gasteiger partial charge in [0.15, 0.2) is 0 Å². The zero-order chi connectivity index (χ0) is 9.30. The van der Waals surface area contributed by atoms with Crippen LogP contribution in [0.2, 0.25) is 0 Å². The summed E-state index contributed by atoms with van der Waals surface area (Å²) in [6.45, 7) is 3.82. The van der Waals surface area contributed by atoms with E-state index in [9.17, 15) is 5.11 Å². The van der Waals surface area contributed by atoms with Gasteiger partial charge in [-0.2, -0.15) is 0 Å². The van der Waals surface area contributed by atoms with Crippen LogP contribution in [0.5, 0.6) is 5.75 Å². The topological polar surface area (TPSA) is 46.2 Å². The number of phenols is 1. The zero-order valence-corrected chi connectivity index (χ0v) is 8.72. The van der Waals surface area contributed by atoms with Crippen LogP contribution in [0, 0.1) is 6.92 Å². The molecule has 0 radical (unpaired) electrons. The fourth-order valence-corrected chi connectivity index (χ4v) is 1.70. The monoisotopic (exact) mass is 229 g/mol. The molecule has 1 rings (SSSR count). The molecule has 0 saturated heterocycles. The summed E-state index contributed by atoms with van der Waals surface area (Å²) in [5, 5.41) is 9.57. The molecule has 1 atom stereocenters. The molecule has 66 valence electrons. The molecule has 1 unspecified atom stereocenters. The average molecular weight is 230 g/mol. The average Bonchev–Trinajstić information content (AvgIpc) is 1.96. The molecule has 0 amide bonds. The second kappa shape index (κ2) is 3.46. The summed E-state index contributed by atoms with van der Waals surface area (Å²) >= 11 is 3.26. The van der Waals surface area contributed by atoms with Crippen LogP contribution in [0.4, 0.5) is 0 Å². The second-order valence-electron chi connectivity index (χ2n) is 2.97. The van der Waals surface area contributed by atoms with Gasteiger partial charge in [-0.15, -0.1) is 0 Å². The molecule has 0 aliphatic heterocycles. The standard InChI is InChI=1S/C9H12BrNO/c1-5-3-7(6(2)11)9(12)8(10)4-5/h3-4,6,12H,11H2,1-2H3. The molecule has 12 heavy (non-hydrogen) atoms. The number of rotatable bonds is 1. The van der Waals surface area contributed by atoms with E-state index in [1.165, 1.54) is 0 Å². The van der Waals surface area contributed by atoms with Crippen LogP contribution in [0.15, 0.2) is 16.6 Å². The lowest BCUT2D eigenvalue weighted by molar-refractivity contribution is 0.460. The van der Waals surface area contributed by atoms with E-state index in [1.807, 2.05) is 26.0 Å². The Morgan fingerprint density at radius 3 is 2.58 bits per heavy atom. The molecule has 0 bridgehead atoms. The van der Waals surface area contributed by atoms with E-state index in [0.717, 1.165) is 11.1 Å². The van der Waals surface area contributed by atoms with Crippen molar-refractivity contribution in [1.29, 1.82) is 0 Å². The SMILES string of the molecule is Cc1cc(Br)c(O)c(C(C)N)c1. The molecule has 0 aliphatic carbocycles. The van der Waals surface area contributed by atoms with Crippen molar-refractivity contribution in [2.45, 2.75) is 19.9 Å². The summed E-state index contributed by atoms with van der Waals surface area (Å²) in [7, 11) is 0. The molecule has 0 aromatic heterocycles. The Labute approximate surface area is 80.5 Å².